The number of carbonyl (C=O) groups is 1. The molecule has 1 aromatic heterocycles. The average molecular weight is 277 g/mol. The van der Waals surface area contributed by atoms with Gasteiger partial charge in [-0.15, -0.1) is 6.58 Å². The molecule has 0 aliphatic rings. The van der Waals surface area contributed by atoms with Crippen LogP contribution in [0.15, 0.2) is 31.0 Å². The second-order valence-corrected chi connectivity index (χ2v) is 5.10. The lowest BCUT2D eigenvalue weighted by Gasteiger charge is -2.14. The molecular formula is C15H23N3O2. The van der Waals surface area contributed by atoms with Crippen molar-refractivity contribution in [1.29, 1.82) is 0 Å². The fourth-order valence-electron chi connectivity index (χ4n) is 1.75. The number of amides is 1. The molecule has 0 bridgehead atoms. The molecular weight excluding hydrogens is 254 g/mol. The highest BCUT2D eigenvalue weighted by Crippen LogP contribution is 2.08. The maximum atomic E-state index is 11.6. The van der Waals surface area contributed by atoms with E-state index in [0.29, 0.717) is 30.4 Å². The topological polar surface area (TPSA) is 74.2 Å². The third kappa shape index (κ3) is 5.84. The molecule has 0 aliphatic heterocycles. The summed E-state index contributed by atoms with van der Waals surface area (Å²) < 4.78 is 0. The van der Waals surface area contributed by atoms with E-state index in [1.807, 2.05) is 0 Å². The Bertz CT molecular complexity index is 429. The Morgan fingerprint density at radius 1 is 1.50 bits per heavy atom. The predicted molar refractivity (Wildman–Crippen MR) is 80.7 cm³/mol. The third-order valence-electron chi connectivity index (χ3n) is 2.69. The van der Waals surface area contributed by atoms with E-state index in [2.05, 4.69) is 36.0 Å². The summed E-state index contributed by atoms with van der Waals surface area (Å²) in [6, 6.07) is 3.42. The zero-order valence-corrected chi connectivity index (χ0v) is 12.1. The highest BCUT2D eigenvalue weighted by atomic mass is 16.3. The van der Waals surface area contributed by atoms with Crippen LogP contribution in [0, 0.1) is 5.92 Å². The maximum Gasteiger partial charge on any atom is 0.253 e. The summed E-state index contributed by atoms with van der Waals surface area (Å²) in [5, 5.41) is 15.5. The molecule has 1 unspecified atom stereocenters. The van der Waals surface area contributed by atoms with E-state index in [-0.39, 0.29) is 5.91 Å². The molecule has 1 amide bonds. The van der Waals surface area contributed by atoms with Crippen LogP contribution in [0.25, 0.3) is 0 Å². The number of aliphatic hydroxyl groups excluding tert-OH is 1. The molecule has 0 fully saturated rings. The number of carbonyl (C=O) groups excluding carboxylic acids is 1. The van der Waals surface area contributed by atoms with Crippen LogP contribution in [0.5, 0.6) is 0 Å². The van der Waals surface area contributed by atoms with Crippen molar-refractivity contribution < 1.29 is 9.90 Å². The van der Waals surface area contributed by atoms with Gasteiger partial charge in [-0.2, -0.15) is 0 Å². The van der Waals surface area contributed by atoms with Crippen molar-refractivity contribution in [3.05, 3.63) is 36.5 Å². The number of aliphatic hydroxyl groups is 1. The van der Waals surface area contributed by atoms with E-state index in [0.717, 1.165) is 6.42 Å². The fraction of sp³-hybridized carbons (Fsp3) is 0.467. The van der Waals surface area contributed by atoms with Gasteiger partial charge in [0.25, 0.3) is 5.91 Å². The number of aromatic nitrogens is 1. The predicted octanol–water partition coefficient (Wildman–Crippen LogP) is 1.82. The Hall–Kier alpha value is -1.88. The number of rotatable bonds is 8. The molecule has 1 atom stereocenters. The molecule has 1 aromatic rings. The molecule has 5 nitrogen and oxygen atoms in total. The van der Waals surface area contributed by atoms with Crippen molar-refractivity contribution in [2.75, 3.05) is 18.4 Å². The van der Waals surface area contributed by atoms with Crippen LogP contribution in [-0.4, -0.2) is 35.2 Å². The second-order valence-electron chi connectivity index (χ2n) is 5.10. The van der Waals surface area contributed by atoms with Gasteiger partial charge in [-0.3, -0.25) is 4.79 Å². The summed E-state index contributed by atoms with van der Waals surface area (Å²) in [5.41, 5.74) is 0.500. The monoisotopic (exact) mass is 277 g/mol. The Morgan fingerprint density at radius 2 is 2.25 bits per heavy atom. The van der Waals surface area contributed by atoms with Gasteiger partial charge in [-0.05, 0) is 24.5 Å². The minimum absolute atomic E-state index is 0.177. The molecule has 0 saturated carbocycles. The van der Waals surface area contributed by atoms with Gasteiger partial charge in [0, 0.05) is 19.3 Å². The van der Waals surface area contributed by atoms with Gasteiger partial charge < -0.3 is 15.7 Å². The molecule has 3 N–H and O–H groups in total. The van der Waals surface area contributed by atoms with E-state index < -0.39 is 6.10 Å². The summed E-state index contributed by atoms with van der Waals surface area (Å²) >= 11 is 0. The van der Waals surface area contributed by atoms with E-state index in [1.54, 1.807) is 18.2 Å². The van der Waals surface area contributed by atoms with Crippen molar-refractivity contribution in [2.45, 2.75) is 26.4 Å². The first-order valence-corrected chi connectivity index (χ1v) is 6.80. The van der Waals surface area contributed by atoms with Gasteiger partial charge in [0.05, 0.1) is 11.7 Å². The van der Waals surface area contributed by atoms with Gasteiger partial charge in [0.1, 0.15) is 5.82 Å². The first-order valence-electron chi connectivity index (χ1n) is 6.80. The Morgan fingerprint density at radius 3 is 2.80 bits per heavy atom. The Kier molecular flexibility index (Phi) is 6.73. The number of pyridine rings is 1. The molecule has 110 valence electrons. The molecule has 0 saturated heterocycles. The smallest absolute Gasteiger partial charge is 0.253 e. The summed E-state index contributed by atoms with van der Waals surface area (Å²) in [5.74, 6) is 0.924. The number of anilines is 1. The van der Waals surface area contributed by atoms with Gasteiger partial charge >= 0.3 is 0 Å². The van der Waals surface area contributed by atoms with Gasteiger partial charge in [0.2, 0.25) is 0 Å². The number of nitrogens with zero attached hydrogens (tertiary/aromatic N) is 1. The van der Waals surface area contributed by atoms with Crippen LogP contribution in [0.1, 0.15) is 30.6 Å². The molecule has 1 heterocycles. The van der Waals surface area contributed by atoms with Gasteiger partial charge in [0.15, 0.2) is 0 Å². The number of nitrogens with one attached hydrogen (secondary N) is 2. The standard InChI is InChI=1S/C15H23N3O2/c1-4-7-16-15(20)12-5-6-14(17-9-12)18-10-13(19)8-11(2)3/h4-6,9,11,13,19H,1,7-8,10H2,2-3H3,(H,16,20)(H,17,18). The lowest BCUT2D eigenvalue weighted by molar-refractivity contribution is 0.0957. The third-order valence-corrected chi connectivity index (χ3v) is 2.69. The second kappa shape index (κ2) is 8.32. The van der Waals surface area contributed by atoms with E-state index >= 15 is 0 Å². The Balaban J connectivity index is 2.46. The minimum Gasteiger partial charge on any atom is -0.391 e. The molecule has 20 heavy (non-hydrogen) atoms. The van der Waals surface area contributed by atoms with Crippen molar-refractivity contribution in [1.82, 2.24) is 10.3 Å². The lowest BCUT2D eigenvalue weighted by Crippen LogP contribution is -2.24. The summed E-state index contributed by atoms with van der Waals surface area (Å²) in [4.78, 5) is 15.8. The molecule has 1 rings (SSSR count). The van der Waals surface area contributed by atoms with E-state index in [9.17, 15) is 9.90 Å². The van der Waals surface area contributed by atoms with Crippen molar-refractivity contribution in [2.24, 2.45) is 5.92 Å². The molecule has 0 spiro atoms. The Labute approximate surface area is 120 Å². The molecule has 0 radical (unpaired) electrons. The lowest BCUT2D eigenvalue weighted by atomic mass is 10.1. The quantitative estimate of drug-likeness (QED) is 0.634. The minimum atomic E-state index is -0.396. The van der Waals surface area contributed by atoms with Crippen LogP contribution in [-0.2, 0) is 0 Å². The fourth-order valence-corrected chi connectivity index (χ4v) is 1.75. The summed E-state index contributed by atoms with van der Waals surface area (Å²) in [7, 11) is 0. The zero-order chi connectivity index (χ0) is 15.0. The molecule has 0 aromatic carbocycles. The van der Waals surface area contributed by atoms with Gasteiger partial charge in [-0.1, -0.05) is 19.9 Å². The average Bonchev–Trinajstić information content (AvgIpc) is 2.42. The van der Waals surface area contributed by atoms with E-state index in [4.69, 9.17) is 0 Å². The number of hydrogen-bond donors (Lipinski definition) is 3. The van der Waals surface area contributed by atoms with Crippen LogP contribution >= 0.6 is 0 Å². The van der Waals surface area contributed by atoms with E-state index in [1.165, 1.54) is 6.20 Å². The van der Waals surface area contributed by atoms with Crippen molar-refractivity contribution in [3.8, 4) is 0 Å². The maximum absolute atomic E-state index is 11.6. The van der Waals surface area contributed by atoms with Crippen LogP contribution in [0.2, 0.25) is 0 Å². The first kappa shape index (κ1) is 16.2. The zero-order valence-electron chi connectivity index (χ0n) is 12.1. The summed E-state index contributed by atoms with van der Waals surface area (Å²) in [6.45, 7) is 8.56. The summed E-state index contributed by atoms with van der Waals surface area (Å²) in [6.07, 6.45) is 3.48. The normalized spacial score (nSPS) is 12.0. The van der Waals surface area contributed by atoms with Gasteiger partial charge in [-0.25, -0.2) is 4.98 Å². The molecule has 5 heteroatoms. The number of hydrogen-bond acceptors (Lipinski definition) is 4. The van der Waals surface area contributed by atoms with Crippen LogP contribution in [0.3, 0.4) is 0 Å². The highest BCUT2D eigenvalue weighted by Gasteiger charge is 2.08. The molecule has 0 aliphatic carbocycles. The SMILES string of the molecule is C=CCNC(=O)c1ccc(NCC(O)CC(C)C)nc1. The first-order chi connectivity index (χ1) is 9.52. The largest absolute Gasteiger partial charge is 0.391 e. The van der Waals surface area contributed by atoms with Crippen LogP contribution in [0.4, 0.5) is 5.82 Å². The van der Waals surface area contributed by atoms with Crippen molar-refractivity contribution >= 4 is 11.7 Å². The highest BCUT2D eigenvalue weighted by molar-refractivity contribution is 5.94. The van der Waals surface area contributed by atoms with Crippen LogP contribution < -0.4 is 10.6 Å². The van der Waals surface area contributed by atoms with Crippen molar-refractivity contribution in [3.63, 3.8) is 0 Å².